The van der Waals surface area contributed by atoms with Gasteiger partial charge in [-0.1, -0.05) is 13.8 Å². The van der Waals surface area contributed by atoms with Crippen molar-refractivity contribution in [3.8, 4) is 0 Å². The molecule has 2 aromatic rings. The molecule has 0 saturated carbocycles. The van der Waals surface area contributed by atoms with Gasteiger partial charge in [0.25, 0.3) is 5.91 Å². The monoisotopic (exact) mass is 432 g/mol. The summed E-state index contributed by atoms with van der Waals surface area (Å²) in [5, 5.41) is 7.73. The Labute approximate surface area is 182 Å². The number of ether oxygens (including phenoxy) is 2. The van der Waals surface area contributed by atoms with Gasteiger partial charge in [0.15, 0.2) is 5.89 Å². The Balaban J connectivity index is 1.77. The highest BCUT2D eigenvalue weighted by Crippen LogP contribution is 2.27. The van der Waals surface area contributed by atoms with Crippen LogP contribution in [0.5, 0.6) is 0 Å². The number of aromatic nitrogens is 3. The summed E-state index contributed by atoms with van der Waals surface area (Å²) in [5.74, 6) is -0.126. The predicted molar refractivity (Wildman–Crippen MR) is 113 cm³/mol. The molecule has 0 radical (unpaired) electrons. The topological polar surface area (TPSA) is 108 Å². The van der Waals surface area contributed by atoms with Gasteiger partial charge in [-0.3, -0.25) is 9.48 Å². The van der Waals surface area contributed by atoms with Crippen LogP contribution in [-0.2, 0) is 28.9 Å². The maximum absolute atomic E-state index is 12.9. The van der Waals surface area contributed by atoms with Gasteiger partial charge in [0.05, 0.1) is 18.5 Å². The first kappa shape index (κ1) is 23.0. The van der Waals surface area contributed by atoms with Crippen molar-refractivity contribution in [1.82, 2.24) is 20.1 Å². The second kappa shape index (κ2) is 10.1. The van der Waals surface area contributed by atoms with Crippen LogP contribution in [0.1, 0.15) is 71.8 Å². The van der Waals surface area contributed by atoms with E-state index in [1.54, 1.807) is 11.6 Å². The Bertz CT molecular complexity index is 915. The van der Waals surface area contributed by atoms with E-state index in [0.29, 0.717) is 50.7 Å². The van der Waals surface area contributed by atoms with E-state index in [1.165, 1.54) is 6.20 Å². The van der Waals surface area contributed by atoms with Gasteiger partial charge in [0.1, 0.15) is 5.69 Å². The van der Waals surface area contributed by atoms with Gasteiger partial charge in [-0.15, -0.1) is 0 Å². The molecule has 0 aliphatic carbocycles. The smallest absolute Gasteiger partial charge is 0.375 e. The fourth-order valence-electron chi connectivity index (χ4n) is 3.64. The summed E-state index contributed by atoms with van der Waals surface area (Å²) in [5.41, 5.74) is 2.06. The summed E-state index contributed by atoms with van der Waals surface area (Å²) >= 11 is 0. The van der Waals surface area contributed by atoms with Crippen LogP contribution in [0.2, 0.25) is 0 Å². The third-order valence-corrected chi connectivity index (χ3v) is 5.18. The standard InChI is InChI=1S/C22H32N4O5/c1-5-26-19-16(8-6-10-29-11-7-9-23-20(19)27)17(25-26)12-22(3,4)14-30-21(28)18-13-24-15(2)31-18/h13H,5-12,14H2,1-4H3,(H,23,27). The van der Waals surface area contributed by atoms with Gasteiger partial charge < -0.3 is 19.2 Å². The van der Waals surface area contributed by atoms with Crippen LogP contribution >= 0.6 is 0 Å². The Morgan fingerprint density at radius 2 is 2.10 bits per heavy atom. The number of hydrogen-bond acceptors (Lipinski definition) is 7. The van der Waals surface area contributed by atoms with Crippen LogP contribution in [0, 0.1) is 12.3 Å². The molecule has 1 aliphatic heterocycles. The molecule has 0 spiro atoms. The van der Waals surface area contributed by atoms with Crippen LogP contribution in [0.25, 0.3) is 0 Å². The van der Waals surface area contributed by atoms with Gasteiger partial charge in [-0.05, 0) is 26.2 Å². The second-order valence-corrected chi connectivity index (χ2v) is 8.58. The molecule has 1 aliphatic rings. The Morgan fingerprint density at radius 3 is 2.81 bits per heavy atom. The largest absolute Gasteiger partial charge is 0.459 e. The number of carbonyl (C=O) groups excluding carboxylic acids is 2. The van der Waals surface area contributed by atoms with Crippen LogP contribution in [0.15, 0.2) is 10.6 Å². The summed E-state index contributed by atoms with van der Waals surface area (Å²) in [6, 6.07) is 0. The lowest BCUT2D eigenvalue weighted by Crippen LogP contribution is -2.28. The molecule has 0 aromatic carbocycles. The molecule has 0 bridgehead atoms. The van der Waals surface area contributed by atoms with Gasteiger partial charge in [-0.2, -0.15) is 5.10 Å². The number of hydrogen-bond donors (Lipinski definition) is 1. The molecule has 0 fully saturated rings. The van der Waals surface area contributed by atoms with E-state index in [-0.39, 0.29) is 23.7 Å². The molecule has 9 nitrogen and oxygen atoms in total. The van der Waals surface area contributed by atoms with Crippen LogP contribution in [0.4, 0.5) is 0 Å². The first-order valence-corrected chi connectivity index (χ1v) is 10.8. The number of oxazole rings is 1. The summed E-state index contributed by atoms with van der Waals surface area (Å²) < 4.78 is 18.1. The van der Waals surface area contributed by atoms with Gasteiger partial charge >= 0.3 is 5.97 Å². The molecule has 3 rings (SSSR count). The number of nitrogens with one attached hydrogen (secondary N) is 1. The highest BCUT2D eigenvalue weighted by Gasteiger charge is 2.29. The van der Waals surface area contributed by atoms with Gasteiger partial charge in [0, 0.05) is 50.6 Å². The highest BCUT2D eigenvalue weighted by molar-refractivity contribution is 5.94. The van der Waals surface area contributed by atoms with Crippen molar-refractivity contribution in [2.24, 2.45) is 5.41 Å². The van der Waals surface area contributed by atoms with E-state index in [9.17, 15) is 9.59 Å². The third-order valence-electron chi connectivity index (χ3n) is 5.18. The fourth-order valence-corrected chi connectivity index (χ4v) is 3.64. The Hall–Kier alpha value is -2.68. The van der Waals surface area contributed by atoms with E-state index in [2.05, 4.69) is 10.3 Å². The Morgan fingerprint density at radius 1 is 1.32 bits per heavy atom. The zero-order chi connectivity index (χ0) is 22.4. The lowest BCUT2D eigenvalue weighted by atomic mass is 9.86. The minimum absolute atomic E-state index is 0.0914. The molecular weight excluding hydrogens is 400 g/mol. The lowest BCUT2D eigenvalue weighted by molar-refractivity contribution is 0.0304. The number of esters is 1. The van der Waals surface area contributed by atoms with Crippen molar-refractivity contribution in [2.45, 2.75) is 59.9 Å². The minimum atomic E-state index is -0.538. The van der Waals surface area contributed by atoms with Crippen molar-refractivity contribution >= 4 is 11.9 Å². The molecule has 0 unspecified atom stereocenters. The van der Waals surface area contributed by atoms with Gasteiger partial charge in [0.2, 0.25) is 5.76 Å². The van der Waals surface area contributed by atoms with E-state index in [1.807, 2.05) is 20.8 Å². The zero-order valence-electron chi connectivity index (χ0n) is 18.8. The summed E-state index contributed by atoms with van der Waals surface area (Å²) in [6.45, 7) is 10.3. The number of carbonyl (C=O) groups is 2. The van der Waals surface area contributed by atoms with Crippen LogP contribution < -0.4 is 5.32 Å². The summed E-state index contributed by atoms with van der Waals surface area (Å²) in [6.07, 6.45) is 4.26. The number of amides is 1. The molecule has 3 heterocycles. The average molecular weight is 433 g/mol. The van der Waals surface area contributed by atoms with Gasteiger partial charge in [-0.25, -0.2) is 9.78 Å². The van der Waals surface area contributed by atoms with Crippen molar-refractivity contribution < 1.29 is 23.5 Å². The third kappa shape index (κ3) is 5.94. The Kier molecular flexibility index (Phi) is 7.48. The van der Waals surface area contributed by atoms with E-state index in [0.717, 1.165) is 24.1 Å². The maximum atomic E-state index is 12.9. The number of nitrogens with zero attached hydrogens (tertiary/aromatic N) is 3. The van der Waals surface area contributed by atoms with Crippen LogP contribution in [-0.4, -0.2) is 53.0 Å². The maximum Gasteiger partial charge on any atom is 0.375 e. The molecule has 9 heteroatoms. The molecule has 1 amide bonds. The molecule has 0 atom stereocenters. The van der Waals surface area contributed by atoms with Crippen molar-refractivity contribution in [1.29, 1.82) is 0 Å². The normalized spacial score (nSPS) is 15.7. The van der Waals surface area contributed by atoms with Crippen molar-refractivity contribution in [2.75, 3.05) is 26.4 Å². The first-order chi connectivity index (χ1) is 14.8. The number of aryl methyl sites for hydroxylation is 2. The fraction of sp³-hybridized carbons (Fsp3) is 0.636. The highest BCUT2D eigenvalue weighted by atomic mass is 16.5. The molecule has 2 aromatic heterocycles. The average Bonchev–Trinajstić information content (AvgIpc) is 3.30. The van der Waals surface area contributed by atoms with Crippen molar-refractivity contribution in [3.05, 3.63) is 34.8 Å². The SMILES string of the molecule is CCn1nc(CC(C)(C)COC(=O)c2cnc(C)o2)c2c1C(=O)NCCCOCCC2. The van der Waals surface area contributed by atoms with E-state index >= 15 is 0 Å². The minimum Gasteiger partial charge on any atom is -0.459 e. The predicted octanol–water partition coefficient (Wildman–Crippen LogP) is 2.71. The number of rotatable bonds is 6. The summed E-state index contributed by atoms with van der Waals surface area (Å²) in [7, 11) is 0. The molecule has 31 heavy (non-hydrogen) atoms. The summed E-state index contributed by atoms with van der Waals surface area (Å²) in [4.78, 5) is 29.0. The molecule has 1 N–H and O–H groups in total. The molecule has 170 valence electrons. The van der Waals surface area contributed by atoms with Crippen molar-refractivity contribution in [3.63, 3.8) is 0 Å². The number of fused-ring (bicyclic) bond motifs is 1. The zero-order valence-corrected chi connectivity index (χ0v) is 18.8. The lowest BCUT2D eigenvalue weighted by Gasteiger charge is -2.23. The molecular formula is C22H32N4O5. The quantitative estimate of drug-likeness (QED) is 0.699. The second-order valence-electron chi connectivity index (χ2n) is 8.58. The van der Waals surface area contributed by atoms with Crippen LogP contribution in [0.3, 0.4) is 0 Å². The van der Waals surface area contributed by atoms with E-state index < -0.39 is 5.97 Å². The first-order valence-electron chi connectivity index (χ1n) is 10.8. The van der Waals surface area contributed by atoms with E-state index in [4.69, 9.17) is 19.0 Å². The molecule has 0 saturated heterocycles.